The highest BCUT2D eigenvalue weighted by Crippen LogP contribution is 2.28. The Bertz CT molecular complexity index is 430. The number of aliphatic hydroxyl groups is 1. The Morgan fingerprint density at radius 1 is 1.39 bits per heavy atom. The molecular weight excluding hydrogens is 226 g/mol. The minimum absolute atomic E-state index is 0.0322. The summed E-state index contributed by atoms with van der Waals surface area (Å²) in [7, 11) is 0. The first-order valence-corrected chi connectivity index (χ1v) is 6.69. The molecule has 98 valence electrons. The van der Waals surface area contributed by atoms with Crippen LogP contribution in [0.2, 0.25) is 0 Å². The molecule has 0 bridgehead atoms. The van der Waals surface area contributed by atoms with Crippen LogP contribution in [-0.4, -0.2) is 23.2 Å². The van der Waals surface area contributed by atoms with Crippen LogP contribution in [0, 0.1) is 0 Å². The third-order valence-corrected chi connectivity index (χ3v) is 3.59. The molecule has 1 amide bonds. The van der Waals surface area contributed by atoms with Gasteiger partial charge in [0.25, 0.3) is 0 Å². The predicted octanol–water partition coefficient (Wildman–Crippen LogP) is 1.82. The standard InChI is InChI=1S/C15H21NO2/c1-2-5-14(17)16-11-15(18)9-8-12-6-3-4-7-13(12)10-15/h3-4,6-7,18H,2,5,8-11H2,1H3,(H,16,17). The van der Waals surface area contributed by atoms with Gasteiger partial charge in [0, 0.05) is 19.4 Å². The minimum atomic E-state index is -0.780. The van der Waals surface area contributed by atoms with Crippen LogP contribution in [0.4, 0.5) is 0 Å². The van der Waals surface area contributed by atoms with E-state index in [1.54, 1.807) is 0 Å². The lowest BCUT2D eigenvalue weighted by Gasteiger charge is -2.33. The molecule has 1 aromatic carbocycles. The van der Waals surface area contributed by atoms with Gasteiger partial charge in [-0.2, -0.15) is 0 Å². The average Bonchev–Trinajstić information content (AvgIpc) is 2.37. The first kappa shape index (κ1) is 13.1. The van der Waals surface area contributed by atoms with Crippen LogP contribution in [0.15, 0.2) is 24.3 Å². The van der Waals surface area contributed by atoms with E-state index < -0.39 is 5.60 Å². The van der Waals surface area contributed by atoms with Crippen molar-refractivity contribution in [3.8, 4) is 0 Å². The predicted molar refractivity (Wildman–Crippen MR) is 71.3 cm³/mol. The number of nitrogens with one attached hydrogen (secondary N) is 1. The molecule has 0 aromatic heterocycles. The second-order valence-electron chi connectivity index (χ2n) is 5.20. The van der Waals surface area contributed by atoms with Crippen LogP contribution in [0.5, 0.6) is 0 Å². The molecule has 0 saturated heterocycles. The van der Waals surface area contributed by atoms with E-state index in [2.05, 4.69) is 17.4 Å². The molecule has 1 atom stereocenters. The molecule has 0 spiro atoms. The Morgan fingerprint density at radius 3 is 2.83 bits per heavy atom. The molecule has 1 aliphatic rings. The summed E-state index contributed by atoms with van der Waals surface area (Å²) in [5, 5.41) is 13.4. The molecule has 1 aromatic rings. The Morgan fingerprint density at radius 2 is 2.11 bits per heavy atom. The number of carbonyl (C=O) groups excluding carboxylic acids is 1. The second-order valence-corrected chi connectivity index (χ2v) is 5.20. The van der Waals surface area contributed by atoms with E-state index in [1.807, 2.05) is 19.1 Å². The number of fused-ring (bicyclic) bond motifs is 1. The van der Waals surface area contributed by atoms with Crippen LogP contribution < -0.4 is 5.32 Å². The van der Waals surface area contributed by atoms with E-state index in [0.717, 1.165) is 19.3 Å². The summed E-state index contributed by atoms with van der Waals surface area (Å²) < 4.78 is 0. The van der Waals surface area contributed by atoms with Crippen LogP contribution in [0.3, 0.4) is 0 Å². The minimum Gasteiger partial charge on any atom is -0.388 e. The van der Waals surface area contributed by atoms with Crippen molar-refractivity contribution in [3.63, 3.8) is 0 Å². The summed E-state index contributed by atoms with van der Waals surface area (Å²) in [4.78, 5) is 11.5. The molecule has 0 aliphatic heterocycles. The van der Waals surface area contributed by atoms with Crippen molar-refractivity contribution in [3.05, 3.63) is 35.4 Å². The summed E-state index contributed by atoms with van der Waals surface area (Å²) in [6.07, 6.45) is 3.61. The molecule has 1 aliphatic carbocycles. The Balaban J connectivity index is 1.96. The molecule has 1 unspecified atom stereocenters. The first-order chi connectivity index (χ1) is 8.63. The summed E-state index contributed by atoms with van der Waals surface area (Å²) in [6.45, 7) is 2.34. The molecule has 18 heavy (non-hydrogen) atoms. The highest BCUT2D eigenvalue weighted by molar-refractivity contribution is 5.75. The van der Waals surface area contributed by atoms with Gasteiger partial charge >= 0.3 is 0 Å². The number of hydrogen-bond donors (Lipinski definition) is 2. The average molecular weight is 247 g/mol. The largest absolute Gasteiger partial charge is 0.388 e. The van der Waals surface area contributed by atoms with Crippen molar-refractivity contribution in [2.45, 2.75) is 44.6 Å². The number of rotatable bonds is 4. The zero-order valence-corrected chi connectivity index (χ0v) is 10.9. The normalized spacial score (nSPS) is 22.3. The summed E-state index contributed by atoms with van der Waals surface area (Å²) in [5.41, 5.74) is 1.75. The molecule has 0 saturated carbocycles. The molecule has 0 radical (unpaired) electrons. The van der Waals surface area contributed by atoms with Crippen molar-refractivity contribution >= 4 is 5.91 Å². The molecule has 2 N–H and O–H groups in total. The number of benzene rings is 1. The Kier molecular flexibility index (Phi) is 4.02. The van der Waals surface area contributed by atoms with Crippen molar-refractivity contribution in [2.24, 2.45) is 0 Å². The number of carbonyl (C=O) groups is 1. The van der Waals surface area contributed by atoms with E-state index in [-0.39, 0.29) is 5.91 Å². The summed E-state index contributed by atoms with van der Waals surface area (Å²) >= 11 is 0. The summed E-state index contributed by atoms with van der Waals surface area (Å²) in [5.74, 6) is 0.0322. The molecular formula is C15H21NO2. The quantitative estimate of drug-likeness (QED) is 0.852. The fourth-order valence-electron chi connectivity index (χ4n) is 2.51. The van der Waals surface area contributed by atoms with E-state index in [0.29, 0.717) is 19.4 Å². The van der Waals surface area contributed by atoms with Gasteiger partial charge in [0.05, 0.1) is 5.60 Å². The van der Waals surface area contributed by atoms with Gasteiger partial charge in [-0.3, -0.25) is 4.79 Å². The van der Waals surface area contributed by atoms with Gasteiger partial charge in [-0.05, 0) is 30.4 Å². The van der Waals surface area contributed by atoms with Gasteiger partial charge in [0.2, 0.25) is 5.91 Å². The Hall–Kier alpha value is -1.35. The fourth-order valence-corrected chi connectivity index (χ4v) is 2.51. The number of amides is 1. The maximum Gasteiger partial charge on any atom is 0.220 e. The fraction of sp³-hybridized carbons (Fsp3) is 0.533. The molecule has 3 nitrogen and oxygen atoms in total. The lowest BCUT2D eigenvalue weighted by atomic mass is 9.80. The monoisotopic (exact) mass is 247 g/mol. The van der Waals surface area contributed by atoms with Crippen molar-refractivity contribution in [1.29, 1.82) is 0 Å². The maximum absolute atomic E-state index is 11.5. The highest BCUT2D eigenvalue weighted by Gasteiger charge is 2.32. The first-order valence-electron chi connectivity index (χ1n) is 6.69. The van der Waals surface area contributed by atoms with Crippen LogP contribution in [0.1, 0.15) is 37.3 Å². The maximum atomic E-state index is 11.5. The van der Waals surface area contributed by atoms with Crippen LogP contribution in [0.25, 0.3) is 0 Å². The topological polar surface area (TPSA) is 49.3 Å². The van der Waals surface area contributed by atoms with E-state index in [4.69, 9.17) is 0 Å². The van der Waals surface area contributed by atoms with Crippen LogP contribution >= 0.6 is 0 Å². The third-order valence-electron chi connectivity index (χ3n) is 3.59. The van der Waals surface area contributed by atoms with Gasteiger partial charge in [0.1, 0.15) is 0 Å². The molecule has 3 heteroatoms. The van der Waals surface area contributed by atoms with Crippen molar-refractivity contribution in [1.82, 2.24) is 5.32 Å². The van der Waals surface area contributed by atoms with Gasteiger partial charge < -0.3 is 10.4 Å². The van der Waals surface area contributed by atoms with Gasteiger partial charge in [-0.25, -0.2) is 0 Å². The zero-order chi connectivity index (χ0) is 13.0. The summed E-state index contributed by atoms with van der Waals surface area (Å²) in [6, 6.07) is 8.21. The van der Waals surface area contributed by atoms with E-state index in [9.17, 15) is 9.90 Å². The van der Waals surface area contributed by atoms with Gasteiger partial charge in [0.15, 0.2) is 0 Å². The number of aryl methyl sites for hydroxylation is 1. The zero-order valence-electron chi connectivity index (χ0n) is 10.9. The Labute approximate surface area is 108 Å². The third kappa shape index (κ3) is 3.10. The van der Waals surface area contributed by atoms with E-state index >= 15 is 0 Å². The van der Waals surface area contributed by atoms with Crippen LogP contribution in [-0.2, 0) is 17.6 Å². The SMILES string of the molecule is CCCC(=O)NCC1(O)CCc2ccccc2C1. The van der Waals surface area contributed by atoms with Gasteiger partial charge in [-0.1, -0.05) is 31.2 Å². The molecule has 2 rings (SSSR count). The number of hydrogen-bond acceptors (Lipinski definition) is 2. The molecule has 0 heterocycles. The van der Waals surface area contributed by atoms with Crippen molar-refractivity contribution < 1.29 is 9.90 Å². The van der Waals surface area contributed by atoms with Gasteiger partial charge in [-0.15, -0.1) is 0 Å². The lowest BCUT2D eigenvalue weighted by molar-refractivity contribution is -0.122. The molecule has 0 fully saturated rings. The van der Waals surface area contributed by atoms with Crippen molar-refractivity contribution in [2.75, 3.05) is 6.54 Å². The second kappa shape index (κ2) is 5.53. The lowest BCUT2D eigenvalue weighted by Crippen LogP contribution is -2.46. The highest BCUT2D eigenvalue weighted by atomic mass is 16.3. The van der Waals surface area contributed by atoms with E-state index in [1.165, 1.54) is 11.1 Å². The smallest absolute Gasteiger partial charge is 0.220 e.